The van der Waals surface area contributed by atoms with Gasteiger partial charge in [0.05, 0.1) is 26.8 Å². The SMILES string of the molecule is COc1cc2c(cc1OC)[C@H](c1ccccc1)N(CC(=O)Nc1ccc(C(C)=O)cc1)CC2. The lowest BCUT2D eigenvalue weighted by molar-refractivity contribution is -0.117. The lowest BCUT2D eigenvalue weighted by Gasteiger charge is -2.37. The molecule has 1 N–H and O–H groups in total. The lowest BCUT2D eigenvalue weighted by atomic mass is 9.87. The average molecular weight is 445 g/mol. The third-order valence-corrected chi connectivity index (χ3v) is 6.01. The van der Waals surface area contributed by atoms with Crippen LogP contribution in [0.25, 0.3) is 0 Å². The minimum Gasteiger partial charge on any atom is -0.493 e. The number of methoxy groups -OCH3 is 2. The molecule has 1 atom stereocenters. The van der Waals surface area contributed by atoms with Crippen LogP contribution < -0.4 is 14.8 Å². The fraction of sp³-hybridized carbons (Fsp3) is 0.259. The second kappa shape index (κ2) is 9.88. The van der Waals surface area contributed by atoms with Crippen LogP contribution in [0.4, 0.5) is 5.69 Å². The van der Waals surface area contributed by atoms with E-state index in [1.54, 1.807) is 38.5 Å². The molecule has 170 valence electrons. The molecule has 0 aromatic heterocycles. The third kappa shape index (κ3) is 4.91. The molecule has 0 saturated carbocycles. The van der Waals surface area contributed by atoms with E-state index >= 15 is 0 Å². The van der Waals surface area contributed by atoms with Crippen molar-refractivity contribution in [2.45, 2.75) is 19.4 Å². The average Bonchev–Trinajstić information content (AvgIpc) is 2.83. The van der Waals surface area contributed by atoms with E-state index in [-0.39, 0.29) is 24.3 Å². The summed E-state index contributed by atoms with van der Waals surface area (Å²) < 4.78 is 11.1. The standard InChI is InChI=1S/C27H28N2O4/c1-18(30)19-9-11-22(12-10-19)28-26(31)17-29-14-13-21-15-24(32-2)25(33-3)16-23(21)27(29)20-7-5-4-6-8-20/h4-12,15-16,27H,13-14,17H2,1-3H3,(H,28,31)/t27-/m0/s1. The number of ether oxygens (including phenoxy) is 2. The summed E-state index contributed by atoms with van der Waals surface area (Å²) in [5, 5.41) is 2.96. The molecule has 33 heavy (non-hydrogen) atoms. The highest BCUT2D eigenvalue weighted by molar-refractivity contribution is 5.96. The van der Waals surface area contributed by atoms with Crippen LogP contribution in [0.1, 0.15) is 40.0 Å². The smallest absolute Gasteiger partial charge is 0.238 e. The Morgan fingerprint density at radius 3 is 2.27 bits per heavy atom. The van der Waals surface area contributed by atoms with E-state index in [4.69, 9.17) is 9.47 Å². The van der Waals surface area contributed by atoms with Gasteiger partial charge in [0.2, 0.25) is 5.91 Å². The van der Waals surface area contributed by atoms with Gasteiger partial charge in [-0.1, -0.05) is 30.3 Å². The lowest BCUT2D eigenvalue weighted by Crippen LogP contribution is -2.41. The highest BCUT2D eigenvalue weighted by Crippen LogP contribution is 2.40. The van der Waals surface area contributed by atoms with Gasteiger partial charge in [0.15, 0.2) is 17.3 Å². The summed E-state index contributed by atoms with van der Waals surface area (Å²) in [6.45, 7) is 2.50. The summed E-state index contributed by atoms with van der Waals surface area (Å²) in [5.41, 5.74) is 4.71. The van der Waals surface area contributed by atoms with Crippen LogP contribution in [0.15, 0.2) is 66.7 Å². The Labute approximate surface area is 194 Å². The molecule has 6 nitrogen and oxygen atoms in total. The number of carbonyl (C=O) groups is 2. The second-order valence-electron chi connectivity index (χ2n) is 8.12. The monoisotopic (exact) mass is 444 g/mol. The first kappa shape index (κ1) is 22.6. The first-order valence-corrected chi connectivity index (χ1v) is 10.9. The Morgan fingerprint density at radius 2 is 1.64 bits per heavy atom. The predicted octanol–water partition coefficient (Wildman–Crippen LogP) is 4.49. The van der Waals surface area contributed by atoms with Crippen LogP contribution in [0.3, 0.4) is 0 Å². The molecule has 4 rings (SSSR count). The topological polar surface area (TPSA) is 67.9 Å². The van der Waals surface area contributed by atoms with Gasteiger partial charge in [-0.2, -0.15) is 0 Å². The van der Waals surface area contributed by atoms with Crippen LogP contribution in [-0.2, 0) is 11.2 Å². The summed E-state index contributed by atoms with van der Waals surface area (Å²) in [4.78, 5) is 26.6. The molecular formula is C27H28N2O4. The van der Waals surface area contributed by atoms with Crippen molar-refractivity contribution in [2.75, 3.05) is 32.6 Å². The quantitative estimate of drug-likeness (QED) is 0.544. The number of ketones is 1. The van der Waals surface area contributed by atoms with E-state index in [0.29, 0.717) is 22.7 Å². The summed E-state index contributed by atoms with van der Waals surface area (Å²) in [7, 11) is 3.27. The largest absolute Gasteiger partial charge is 0.493 e. The Bertz CT molecular complexity index is 1140. The number of carbonyl (C=O) groups excluding carboxylic acids is 2. The minimum atomic E-state index is -0.101. The van der Waals surface area contributed by atoms with Gasteiger partial charge in [-0.05, 0) is 66.4 Å². The number of nitrogens with zero attached hydrogens (tertiary/aromatic N) is 1. The number of nitrogens with one attached hydrogen (secondary N) is 1. The zero-order valence-electron chi connectivity index (χ0n) is 19.1. The van der Waals surface area contributed by atoms with E-state index < -0.39 is 0 Å². The Hall–Kier alpha value is -3.64. The minimum absolute atomic E-state index is 0.00220. The molecule has 0 aliphatic carbocycles. The van der Waals surface area contributed by atoms with Crippen molar-refractivity contribution >= 4 is 17.4 Å². The van der Waals surface area contributed by atoms with Crippen LogP contribution in [0, 0.1) is 0 Å². The van der Waals surface area contributed by atoms with Crippen molar-refractivity contribution in [3.63, 3.8) is 0 Å². The van der Waals surface area contributed by atoms with Crippen LogP contribution in [0.2, 0.25) is 0 Å². The van der Waals surface area contributed by atoms with Gasteiger partial charge in [-0.3, -0.25) is 14.5 Å². The van der Waals surface area contributed by atoms with Gasteiger partial charge in [0.1, 0.15) is 0 Å². The maximum Gasteiger partial charge on any atom is 0.238 e. The third-order valence-electron chi connectivity index (χ3n) is 6.01. The fourth-order valence-electron chi connectivity index (χ4n) is 4.37. The summed E-state index contributed by atoms with van der Waals surface area (Å²) >= 11 is 0. The van der Waals surface area contributed by atoms with Crippen molar-refractivity contribution in [1.82, 2.24) is 4.90 Å². The number of fused-ring (bicyclic) bond motifs is 1. The number of hydrogen-bond acceptors (Lipinski definition) is 5. The van der Waals surface area contributed by atoms with Gasteiger partial charge in [-0.25, -0.2) is 0 Å². The first-order chi connectivity index (χ1) is 16.0. The zero-order valence-corrected chi connectivity index (χ0v) is 19.1. The van der Waals surface area contributed by atoms with E-state index in [1.165, 1.54) is 12.5 Å². The van der Waals surface area contributed by atoms with Gasteiger partial charge >= 0.3 is 0 Å². The van der Waals surface area contributed by atoms with Gasteiger partial charge in [-0.15, -0.1) is 0 Å². The molecular weight excluding hydrogens is 416 g/mol. The molecule has 0 saturated heterocycles. The number of hydrogen-bond donors (Lipinski definition) is 1. The second-order valence-corrected chi connectivity index (χ2v) is 8.12. The van der Waals surface area contributed by atoms with Gasteiger partial charge in [0, 0.05) is 17.8 Å². The molecule has 0 radical (unpaired) electrons. The molecule has 0 fully saturated rings. The van der Waals surface area contributed by atoms with Crippen LogP contribution in [-0.4, -0.2) is 43.9 Å². The Balaban J connectivity index is 1.61. The Morgan fingerprint density at radius 1 is 0.970 bits per heavy atom. The number of Topliss-reactive ketones (excluding diaryl/α,β-unsaturated/α-hetero) is 1. The van der Waals surface area contributed by atoms with E-state index in [1.807, 2.05) is 30.3 Å². The van der Waals surface area contributed by atoms with Crippen molar-refractivity contribution in [2.24, 2.45) is 0 Å². The molecule has 3 aromatic carbocycles. The number of amides is 1. The van der Waals surface area contributed by atoms with Crippen molar-refractivity contribution in [3.8, 4) is 11.5 Å². The Kier molecular flexibility index (Phi) is 6.75. The normalized spacial score (nSPS) is 15.4. The van der Waals surface area contributed by atoms with Crippen LogP contribution in [0.5, 0.6) is 11.5 Å². The van der Waals surface area contributed by atoms with E-state index in [9.17, 15) is 9.59 Å². The number of anilines is 1. The van der Waals surface area contributed by atoms with Crippen molar-refractivity contribution in [1.29, 1.82) is 0 Å². The molecule has 1 heterocycles. The molecule has 0 spiro atoms. The van der Waals surface area contributed by atoms with E-state index in [0.717, 1.165) is 24.1 Å². The maximum atomic E-state index is 12.9. The zero-order chi connectivity index (χ0) is 23.4. The van der Waals surface area contributed by atoms with Crippen LogP contribution >= 0.6 is 0 Å². The molecule has 1 aliphatic rings. The molecule has 1 amide bonds. The van der Waals surface area contributed by atoms with Crippen molar-refractivity contribution < 1.29 is 19.1 Å². The van der Waals surface area contributed by atoms with Gasteiger partial charge < -0.3 is 14.8 Å². The number of benzene rings is 3. The summed E-state index contributed by atoms with van der Waals surface area (Å²) in [6.07, 6.45) is 0.805. The summed E-state index contributed by atoms with van der Waals surface area (Å²) in [6, 6.07) is 21.1. The fourth-order valence-corrected chi connectivity index (χ4v) is 4.37. The molecule has 3 aromatic rings. The molecule has 0 bridgehead atoms. The first-order valence-electron chi connectivity index (χ1n) is 10.9. The molecule has 6 heteroatoms. The highest BCUT2D eigenvalue weighted by Gasteiger charge is 2.31. The predicted molar refractivity (Wildman–Crippen MR) is 128 cm³/mol. The van der Waals surface area contributed by atoms with Crippen molar-refractivity contribution in [3.05, 3.63) is 89.0 Å². The number of rotatable bonds is 7. The van der Waals surface area contributed by atoms with E-state index in [2.05, 4.69) is 22.3 Å². The highest BCUT2D eigenvalue weighted by atomic mass is 16.5. The summed E-state index contributed by atoms with van der Waals surface area (Å²) in [5.74, 6) is 1.28. The molecule has 0 unspecified atom stereocenters. The molecule has 1 aliphatic heterocycles. The van der Waals surface area contributed by atoms with Gasteiger partial charge in [0.25, 0.3) is 0 Å². The maximum absolute atomic E-state index is 12.9.